The molecule has 1 aliphatic heterocycles. The average molecular weight is 301 g/mol. The third kappa shape index (κ3) is 2.90. The number of nitrogens with zero attached hydrogens (tertiary/aromatic N) is 3. The van der Waals surface area contributed by atoms with E-state index >= 15 is 0 Å². The van der Waals surface area contributed by atoms with Crippen LogP contribution in [-0.2, 0) is 0 Å². The zero-order valence-corrected chi connectivity index (χ0v) is 12.8. The Hall–Kier alpha value is -2.50. The summed E-state index contributed by atoms with van der Waals surface area (Å²) in [7, 11) is 1.61. The molecule has 0 aliphatic carbocycles. The summed E-state index contributed by atoms with van der Waals surface area (Å²) < 4.78 is 10.2. The number of hydrogen-bond acceptors (Lipinski definition) is 5. The monoisotopic (exact) mass is 301 g/mol. The van der Waals surface area contributed by atoms with E-state index in [9.17, 15) is 4.79 Å². The van der Waals surface area contributed by atoms with Gasteiger partial charge in [0.05, 0.1) is 7.11 Å². The summed E-state index contributed by atoms with van der Waals surface area (Å²) >= 11 is 0. The van der Waals surface area contributed by atoms with Gasteiger partial charge in [-0.25, -0.2) is 0 Å². The molecule has 2 heterocycles. The summed E-state index contributed by atoms with van der Waals surface area (Å²) in [6.07, 6.45) is 0. The molecule has 1 aromatic heterocycles. The van der Waals surface area contributed by atoms with Crippen LogP contribution >= 0.6 is 0 Å². The highest BCUT2D eigenvalue weighted by molar-refractivity contribution is 5.94. The Bertz CT molecular complexity index is 643. The van der Waals surface area contributed by atoms with Gasteiger partial charge >= 0.3 is 0 Å². The van der Waals surface area contributed by atoms with Crippen LogP contribution in [0.15, 0.2) is 34.9 Å². The van der Waals surface area contributed by atoms with Crippen LogP contribution in [0.5, 0.6) is 5.75 Å². The summed E-state index contributed by atoms with van der Waals surface area (Å²) in [5.41, 5.74) is 0.687. The van der Waals surface area contributed by atoms with Gasteiger partial charge in [-0.15, -0.1) is 0 Å². The van der Waals surface area contributed by atoms with Gasteiger partial charge in [-0.05, 0) is 31.2 Å². The van der Waals surface area contributed by atoms with Gasteiger partial charge in [0.2, 0.25) is 0 Å². The van der Waals surface area contributed by atoms with Crippen molar-refractivity contribution < 1.29 is 14.1 Å². The van der Waals surface area contributed by atoms with Crippen molar-refractivity contribution in [2.45, 2.75) is 6.92 Å². The number of rotatable bonds is 3. The smallest absolute Gasteiger partial charge is 0.253 e. The van der Waals surface area contributed by atoms with Crippen LogP contribution in [0.2, 0.25) is 0 Å². The minimum atomic E-state index is 0.0543. The van der Waals surface area contributed by atoms with Gasteiger partial charge in [0.15, 0.2) is 5.82 Å². The molecule has 0 N–H and O–H groups in total. The highest BCUT2D eigenvalue weighted by Crippen LogP contribution is 2.18. The van der Waals surface area contributed by atoms with Crippen molar-refractivity contribution in [3.8, 4) is 5.75 Å². The molecule has 0 bridgehead atoms. The van der Waals surface area contributed by atoms with E-state index in [2.05, 4.69) is 10.1 Å². The van der Waals surface area contributed by atoms with Crippen molar-refractivity contribution in [2.24, 2.45) is 0 Å². The third-order valence-corrected chi connectivity index (χ3v) is 3.84. The lowest BCUT2D eigenvalue weighted by atomic mass is 10.1. The lowest BCUT2D eigenvalue weighted by Gasteiger charge is -2.34. The molecule has 1 saturated heterocycles. The maximum Gasteiger partial charge on any atom is 0.253 e. The van der Waals surface area contributed by atoms with Crippen LogP contribution in [0.3, 0.4) is 0 Å². The fourth-order valence-corrected chi connectivity index (χ4v) is 2.56. The number of methoxy groups -OCH3 is 1. The number of piperazine rings is 1. The van der Waals surface area contributed by atoms with E-state index in [0.717, 1.165) is 30.4 Å². The number of hydrogen-bond donors (Lipinski definition) is 0. The summed E-state index contributed by atoms with van der Waals surface area (Å²) in [4.78, 5) is 16.5. The molecule has 0 atom stereocenters. The van der Waals surface area contributed by atoms with Crippen molar-refractivity contribution >= 4 is 11.7 Å². The Balaban J connectivity index is 1.61. The summed E-state index contributed by atoms with van der Waals surface area (Å²) in [5, 5.41) is 4.02. The van der Waals surface area contributed by atoms with Crippen LogP contribution < -0.4 is 9.64 Å². The SMILES string of the molecule is COc1ccc(C(=O)N2CCN(c3cc(C)on3)CC2)cc1. The number of amides is 1. The predicted molar refractivity (Wildman–Crippen MR) is 82.4 cm³/mol. The number of carbonyl (C=O) groups excluding carboxylic acids is 1. The minimum absolute atomic E-state index is 0.0543. The molecule has 0 radical (unpaired) electrons. The Kier molecular flexibility index (Phi) is 4.00. The molecule has 0 spiro atoms. The zero-order valence-electron chi connectivity index (χ0n) is 12.8. The van der Waals surface area contributed by atoms with Crippen molar-refractivity contribution in [3.05, 3.63) is 41.7 Å². The standard InChI is InChI=1S/C16H19N3O3/c1-12-11-15(17-22-12)18-7-9-19(10-8-18)16(20)13-3-5-14(21-2)6-4-13/h3-6,11H,7-10H2,1-2H3. The second-order valence-electron chi connectivity index (χ2n) is 5.30. The summed E-state index contributed by atoms with van der Waals surface area (Å²) in [6, 6.07) is 9.13. The van der Waals surface area contributed by atoms with Crippen LogP contribution in [0.1, 0.15) is 16.1 Å². The van der Waals surface area contributed by atoms with Crippen molar-refractivity contribution in [3.63, 3.8) is 0 Å². The van der Waals surface area contributed by atoms with Crippen LogP contribution in [0.4, 0.5) is 5.82 Å². The predicted octanol–water partition coefficient (Wildman–Crippen LogP) is 1.95. The Labute approximate surface area is 129 Å². The van der Waals surface area contributed by atoms with Gasteiger partial charge in [-0.2, -0.15) is 0 Å². The van der Waals surface area contributed by atoms with E-state index in [1.54, 1.807) is 19.2 Å². The topological polar surface area (TPSA) is 58.8 Å². The first-order valence-electron chi connectivity index (χ1n) is 7.29. The third-order valence-electron chi connectivity index (χ3n) is 3.84. The molecule has 1 aliphatic rings. The number of benzene rings is 1. The number of carbonyl (C=O) groups is 1. The quantitative estimate of drug-likeness (QED) is 0.867. The first-order valence-corrected chi connectivity index (χ1v) is 7.29. The van der Waals surface area contributed by atoms with Crippen LogP contribution in [-0.4, -0.2) is 49.3 Å². The van der Waals surface area contributed by atoms with Crippen molar-refractivity contribution in [2.75, 3.05) is 38.2 Å². The van der Waals surface area contributed by atoms with Gasteiger partial charge in [0, 0.05) is 37.8 Å². The Morgan fingerprint density at radius 1 is 1.18 bits per heavy atom. The van der Waals surface area contributed by atoms with E-state index in [1.807, 2.05) is 30.0 Å². The summed E-state index contributed by atoms with van der Waals surface area (Å²) in [6.45, 7) is 4.75. The average Bonchev–Trinajstić information content (AvgIpc) is 3.01. The molecule has 0 unspecified atom stereocenters. The van der Waals surface area contributed by atoms with E-state index in [-0.39, 0.29) is 5.91 Å². The van der Waals surface area contributed by atoms with Gasteiger partial charge in [-0.1, -0.05) is 5.16 Å². The van der Waals surface area contributed by atoms with Gasteiger partial charge in [0.25, 0.3) is 5.91 Å². The lowest BCUT2D eigenvalue weighted by Crippen LogP contribution is -2.48. The van der Waals surface area contributed by atoms with Gasteiger partial charge in [-0.3, -0.25) is 4.79 Å². The number of aromatic nitrogens is 1. The molecule has 3 rings (SSSR count). The normalized spacial score (nSPS) is 15.0. The largest absolute Gasteiger partial charge is 0.497 e. The van der Waals surface area contributed by atoms with E-state index in [1.165, 1.54) is 0 Å². The zero-order chi connectivity index (χ0) is 15.5. The fraction of sp³-hybridized carbons (Fsp3) is 0.375. The molecule has 22 heavy (non-hydrogen) atoms. The number of anilines is 1. The van der Waals surface area contributed by atoms with Crippen molar-refractivity contribution in [1.82, 2.24) is 10.1 Å². The molecule has 1 amide bonds. The maximum absolute atomic E-state index is 12.5. The van der Waals surface area contributed by atoms with Gasteiger partial charge < -0.3 is 19.1 Å². The number of aryl methyl sites for hydroxylation is 1. The van der Waals surface area contributed by atoms with Crippen LogP contribution in [0, 0.1) is 6.92 Å². The molecular weight excluding hydrogens is 282 g/mol. The molecule has 6 heteroatoms. The molecule has 116 valence electrons. The van der Waals surface area contributed by atoms with E-state index < -0.39 is 0 Å². The second kappa shape index (κ2) is 6.09. The Morgan fingerprint density at radius 2 is 1.86 bits per heavy atom. The minimum Gasteiger partial charge on any atom is -0.497 e. The first kappa shape index (κ1) is 14.4. The summed E-state index contributed by atoms with van der Waals surface area (Å²) in [5.74, 6) is 2.45. The molecule has 1 aromatic carbocycles. The van der Waals surface area contributed by atoms with Crippen molar-refractivity contribution in [1.29, 1.82) is 0 Å². The fourth-order valence-electron chi connectivity index (χ4n) is 2.56. The first-order chi connectivity index (χ1) is 10.7. The number of ether oxygens (including phenoxy) is 1. The van der Waals surface area contributed by atoms with E-state index in [0.29, 0.717) is 18.7 Å². The highest BCUT2D eigenvalue weighted by Gasteiger charge is 2.23. The molecule has 6 nitrogen and oxygen atoms in total. The molecule has 1 fully saturated rings. The van der Waals surface area contributed by atoms with Gasteiger partial charge in [0.1, 0.15) is 11.5 Å². The maximum atomic E-state index is 12.5. The van der Waals surface area contributed by atoms with Crippen LogP contribution in [0.25, 0.3) is 0 Å². The Morgan fingerprint density at radius 3 is 2.41 bits per heavy atom. The lowest BCUT2D eigenvalue weighted by molar-refractivity contribution is 0.0746. The highest BCUT2D eigenvalue weighted by atomic mass is 16.5. The molecular formula is C16H19N3O3. The second-order valence-corrected chi connectivity index (χ2v) is 5.30. The molecule has 0 saturated carbocycles. The molecule has 2 aromatic rings. The van der Waals surface area contributed by atoms with E-state index in [4.69, 9.17) is 9.26 Å².